The van der Waals surface area contributed by atoms with E-state index in [1.807, 2.05) is 23.6 Å². The second-order valence-corrected chi connectivity index (χ2v) is 8.80. The smallest absolute Gasteiger partial charge is 0.258 e. The molecule has 0 amide bonds. The summed E-state index contributed by atoms with van der Waals surface area (Å²) in [5.41, 5.74) is 1.76. The van der Waals surface area contributed by atoms with E-state index in [1.165, 1.54) is 24.2 Å². The molecule has 0 radical (unpaired) electrons. The van der Waals surface area contributed by atoms with E-state index in [0.29, 0.717) is 10.7 Å². The Labute approximate surface area is 176 Å². The fourth-order valence-electron chi connectivity index (χ4n) is 3.57. The molecule has 4 heterocycles. The van der Waals surface area contributed by atoms with Gasteiger partial charge in [-0.2, -0.15) is 0 Å². The van der Waals surface area contributed by atoms with Crippen molar-refractivity contribution in [2.75, 3.05) is 13.1 Å². The highest BCUT2D eigenvalue weighted by atomic mass is 32.2. The Bertz CT molecular complexity index is 1180. The molecular formula is C20H20N6OS2. The number of thioether (sulfide) groups is 1. The average molecular weight is 425 g/mol. The molecule has 3 aromatic heterocycles. The van der Waals surface area contributed by atoms with Crippen LogP contribution in [0.4, 0.5) is 0 Å². The van der Waals surface area contributed by atoms with Crippen molar-refractivity contribution < 1.29 is 0 Å². The molecule has 1 aromatic carbocycles. The molecule has 29 heavy (non-hydrogen) atoms. The third-order valence-electron chi connectivity index (χ3n) is 4.98. The molecule has 0 aliphatic carbocycles. The molecule has 0 N–H and O–H groups in total. The summed E-state index contributed by atoms with van der Waals surface area (Å²) in [6.07, 6.45) is 4.24. The van der Waals surface area contributed by atoms with Crippen molar-refractivity contribution in [1.29, 1.82) is 0 Å². The van der Waals surface area contributed by atoms with E-state index < -0.39 is 0 Å². The molecule has 4 aromatic rings. The third kappa shape index (κ3) is 3.85. The predicted molar refractivity (Wildman–Crippen MR) is 115 cm³/mol. The van der Waals surface area contributed by atoms with Crippen LogP contribution in [0, 0.1) is 0 Å². The van der Waals surface area contributed by atoms with Gasteiger partial charge in [0.1, 0.15) is 0 Å². The molecule has 0 spiro atoms. The van der Waals surface area contributed by atoms with E-state index in [2.05, 4.69) is 36.8 Å². The van der Waals surface area contributed by atoms with Crippen LogP contribution in [-0.2, 0) is 12.3 Å². The summed E-state index contributed by atoms with van der Waals surface area (Å²) < 4.78 is 3.69. The fourth-order valence-corrected chi connectivity index (χ4v) is 5.18. The van der Waals surface area contributed by atoms with Crippen LogP contribution >= 0.6 is 23.1 Å². The van der Waals surface area contributed by atoms with Crippen LogP contribution in [0.3, 0.4) is 0 Å². The van der Waals surface area contributed by atoms with Gasteiger partial charge in [-0.25, -0.2) is 4.98 Å². The van der Waals surface area contributed by atoms with Crippen LogP contribution in [0.1, 0.15) is 24.4 Å². The molecule has 0 saturated carbocycles. The fraction of sp³-hybridized carbons (Fsp3) is 0.300. The maximum absolute atomic E-state index is 12.2. The molecule has 1 fully saturated rings. The molecule has 0 unspecified atom stereocenters. The van der Waals surface area contributed by atoms with E-state index >= 15 is 0 Å². The second-order valence-electron chi connectivity index (χ2n) is 6.98. The zero-order chi connectivity index (χ0) is 19.6. The normalized spacial score (nSPS) is 14.8. The van der Waals surface area contributed by atoms with Crippen molar-refractivity contribution in [1.82, 2.24) is 29.0 Å². The zero-order valence-corrected chi connectivity index (χ0v) is 17.4. The van der Waals surface area contributed by atoms with E-state index in [-0.39, 0.29) is 5.56 Å². The monoisotopic (exact) mass is 424 g/mol. The van der Waals surface area contributed by atoms with Crippen molar-refractivity contribution in [2.45, 2.75) is 30.3 Å². The number of para-hydroxylation sites is 1. The second kappa shape index (κ2) is 8.10. The lowest BCUT2D eigenvalue weighted by atomic mass is 10.3. The summed E-state index contributed by atoms with van der Waals surface area (Å²) in [6, 6.07) is 11.8. The van der Waals surface area contributed by atoms with Crippen molar-refractivity contribution in [3.63, 3.8) is 0 Å². The van der Waals surface area contributed by atoms with Crippen LogP contribution in [0.25, 0.3) is 10.6 Å². The van der Waals surface area contributed by atoms with Crippen LogP contribution < -0.4 is 5.56 Å². The minimum absolute atomic E-state index is 0.0499. The number of nitrogens with zero attached hydrogens (tertiary/aromatic N) is 6. The van der Waals surface area contributed by atoms with Gasteiger partial charge >= 0.3 is 0 Å². The molecular weight excluding hydrogens is 404 g/mol. The first-order chi connectivity index (χ1) is 14.3. The van der Waals surface area contributed by atoms with Crippen LogP contribution in [0.15, 0.2) is 57.9 Å². The quantitative estimate of drug-likeness (QED) is 0.443. The Hall–Kier alpha value is -2.49. The number of fused-ring (bicyclic) bond motifs is 1. The molecule has 0 atom stereocenters. The Morgan fingerprint density at radius 2 is 1.93 bits per heavy atom. The predicted octanol–water partition coefficient (Wildman–Crippen LogP) is 3.22. The highest BCUT2D eigenvalue weighted by Gasteiger charge is 2.19. The largest absolute Gasteiger partial charge is 0.296 e. The summed E-state index contributed by atoms with van der Waals surface area (Å²) in [6.45, 7) is 3.01. The molecule has 5 rings (SSSR count). The van der Waals surface area contributed by atoms with Crippen molar-refractivity contribution in [3.8, 4) is 5.69 Å². The van der Waals surface area contributed by atoms with Crippen LogP contribution in [-0.4, -0.2) is 42.1 Å². The van der Waals surface area contributed by atoms with Crippen molar-refractivity contribution in [2.24, 2.45) is 0 Å². The average Bonchev–Trinajstić information content (AvgIpc) is 3.49. The molecule has 1 aliphatic rings. The van der Waals surface area contributed by atoms with Crippen molar-refractivity contribution >= 4 is 28.1 Å². The third-order valence-corrected chi connectivity index (χ3v) is 6.70. The molecule has 1 aliphatic heterocycles. The van der Waals surface area contributed by atoms with Gasteiger partial charge in [-0.15, -0.1) is 21.5 Å². The number of hydrogen-bond donors (Lipinski definition) is 0. The summed E-state index contributed by atoms with van der Waals surface area (Å²) in [4.78, 5) is 20.0. The van der Waals surface area contributed by atoms with Crippen LogP contribution in [0.2, 0.25) is 0 Å². The first kappa shape index (κ1) is 18.5. The maximum atomic E-state index is 12.2. The minimum Gasteiger partial charge on any atom is -0.296 e. The first-order valence-electron chi connectivity index (χ1n) is 9.58. The molecule has 1 saturated heterocycles. The van der Waals surface area contributed by atoms with E-state index in [1.54, 1.807) is 28.4 Å². The van der Waals surface area contributed by atoms with Gasteiger partial charge < -0.3 is 0 Å². The summed E-state index contributed by atoms with van der Waals surface area (Å²) in [7, 11) is 0. The van der Waals surface area contributed by atoms with E-state index in [4.69, 9.17) is 0 Å². The summed E-state index contributed by atoms with van der Waals surface area (Å²) in [5, 5.41) is 11.6. The number of hydrogen-bond acceptors (Lipinski definition) is 7. The van der Waals surface area contributed by atoms with Gasteiger partial charge in [0.2, 0.25) is 0 Å². The van der Waals surface area contributed by atoms with Gasteiger partial charge in [0, 0.05) is 29.1 Å². The van der Waals surface area contributed by atoms with Gasteiger partial charge in [0.25, 0.3) is 5.56 Å². The van der Waals surface area contributed by atoms with Gasteiger partial charge in [0.15, 0.2) is 15.9 Å². The Kier molecular flexibility index (Phi) is 5.17. The SMILES string of the molecule is O=c1cc(CSc2nnc(CN3CCCC3)n2-c2ccccc2)nc2sccn12. The van der Waals surface area contributed by atoms with E-state index in [9.17, 15) is 4.79 Å². The Morgan fingerprint density at radius 3 is 2.76 bits per heavy atom. The number of benzene rings is 1. The molecule has 9 heteroatoms. The maximum Gasteiger partial charge on any atom is 0.258 e. The lowest BCUT2D eigenvalue weighted by molar-refractivity contribution is 0.319. The molecule has 148 valence electrons. The van der Waals surface area contributed by atoms with Gasteiger partial charge in [-0.05, 0) is 38.1 Å². The molecule has 0 bridgehead atoms. The lowest BCUT2D eigenvalue weighted by Gasteiger charge is -2.15. The number of rotatable bonds is 6. The van der Waals surface area contributed by atoms with Gasteiger partial charge in [-0.1, -0.05) is 30.0 Å². The Morgan fingerprint density at radius 1 is 1.10 bits per heavy atom. The topological polar surface area (TPSA) is 68.3 Å². The first-order valence-corrected chi connectivity index (χ1v) is 11.4. The van der Waals surface area contributed by atoms with Crippen LogP contribution in [0.5, 0.6) is 0 Å². The van der Waals surface area contributed by atoms with Crippen molar-refractivity contribution in [3.05, 3.63) is 69.8 Å². The highest BCUT2D eigenvalue weighted by Crippen LogP contribution is 2.26. The van der Waals surface area contributed by atoms with E-state index in [0.717, 1.165) is 42.0 Å². The number of aromatic nitrogens is 5. The number of likely N-dealkylation sites (tertiary alicyclic amines) is 1. The summed E-state index contributed by atoms with van der Waals surface area (Å²) in [5.74, 6) is 1.51. The standard InChI is InChI=1S/C20H20N6OS2/c27-18-12-15(21-19-25(18)10-11-28-19)14-29-20-23-22-17(13-24-8-4-5-9-24)26(20)16-6-2-1-3-7-16/h1-3,6-7,10-12H,4-5,8-9,13-14H2. The number of thiazole rings is 1. The zero-order valence-electron chi connectivity index (χ0n) is 15.8. The highest BCUT2D eigenvalue weighted by molar-refractivity contribution is 7.98. The van der Waals surface area contributed by atoms with Gasteiger partial charge in [-0.3, -0.25) is 18.7 Å². The minimum atomic E-state index is -0.0499. The molecule has 7 nitrogen and oxygen atoms in total. The van der Waals surface area contributed by atoms with Gasteiger partial charge in [0.05, 0.1) is 12.2 Å². The lowest BCUT2D eigenvalue weighted by Crippen LogP contribution is -2.21. The summed E-state index contributed by atoms with van der Waals surface area (Å²) >= 11 is 3.02. The Balaban J connectivity index is 1.44.